The molecule has 1 saturated heterocycles. The van der Waals surface area contributed by atoms with Crippen LogP contribution in [0.2, 0.25) is 0 Å². The number of carboxylic acids is 1. The van der Waals surface area contributed by atoms with Gasteiger partial charge in [-0.3, -0.25) is 14.3 Å². The number of aliphatic carboxylic acids is 1. The molecule has 0 spiro atoms. The number of amides is 1. The fourth-order valence-corrected chi connectivity index (χ4v) is 6.40. The molecule has 3 aromatic rings. The molecule has 32 heavy (non-hydrogen) atoms. The molecule has 0 saturated carbocycles. The van der Waals surface area contributed by atoms with E-state index >= 15 is 0 Å². The number of nitrogens with zero attached hydrogens (tertiary/aromatic N) is 2. The first-order valence-corrected chi connectivity index (χ1v) is 12.2. The summed E-state index contributed by atoms with van der Waals surface area (Å²) in [5.74, 6) is -1.55. The number of thiazole rings is 1. The summed E-state index contributed by atoms with van der Waals surface area (Å²) in [4.78, 5) is 28.8. The molecule has 9 nitrogen and oxygen atoms in total. The van der Waals surface area contributed by atoms with Crippen LogP contribution in [0.1, 0.15) is 19.0 Å². The molecular formula is C21H22N4O5S2. The summed E-state index contributed by atoms with van der Waals surface area (Å²) < 4.78 is 28.9. The average molecular weight is 475 g/mol. The van der Waals surface area contributed by atoms with Crippen LogP contribution in [-0.4, -0.2) is 43.5 Å². The highest BCUT2D eigenvalue weighted by Crippen LogP contribution is 2.37. The molecule has 2 aromatic carbocycles. The third-order valence-electron chi connectivity index (χ3n) is 5.30. The lowest BCUT2D eigenvalue weighted by atomic mass is 10.1. The van der Waals surface area contributed by atoms with Crippen molar-refractivity contribution in [3.05, 3.63) is 42.1 Å². The number of fused-ring (bicyclic) bond motifs is 1. The van der Waals surface area contributed by atoms with Crippen LogP contribution in [0.3, 0.4) is 0 Å². The number of hydrogen-bond donors (Lipinski definition) is 3. The van der Waals surface area contributed by atoms with Gasteiger partial charge in [0.05, 0.1) is 17.3 Å². The molecule has 1 fully saturated rings. The first kappa shape index (κ1) is 22.0. The van der Waals surface area contributed by atoms with E-state index in [0.717, 1.165) is 22.4 Å². The topological polar surface area (TPSA) is 129 Å². The maximum atomic E-state index is 13.1. The number of nitrogens with one attached hydrogen (secondary N) is 2. The highest BCUT2D eigenvalue weighted by Gasteiger charge is 2.29. The van der Waals surface area contributed by atoms with Crippen molar-refractivity contribution in [2.24, 2.45) is 5.92 Å². The number of benzene rings is 2. The maximum absolute atomic E-state index is 13.1. The van der Waals surface area contributed by atoms with Gasteiger partial charge in [0, 0.05) is 36.5 Å². The number of sulfonamides is 1. The Kier molecular flexibility index (Phi) is 5.78. The second-order valence-electron chi connectivity index (χ2n) is 7.63. The zero-order valence-corrected chi connectivity index (χ0v) is 19.1. The summed E-state index contributed by atoms with van der Waals surface area (Å²) >= 11 is 0.889. The molecule has 0 aliphatic carbocycles. The summed E-state index contributed by atoms with van der Waals surface area (Å²) in [6.07, 6.45) is 0.569. The quantitative estimate of drug-likeness (QED) is 0.500. The van der Waals surface area contributed by atoms with Gasteiger partial charge < -0.3 is 15.3 Å². The Bertz CT molecular complexity index is 1320. The van der Waals surface area contributed by atoms with E-state index in [1.54, 1.807) is 13.0 Å². The van der Waals surface area contributed by atoms with Crippen molar-refractivity contribution in [3.63, 3.8) is 0 Å². The summed E-state index contributed by atoms with van der Waals surface area (Å²) in [7, 11) is -3.94. The van der Waals surface area contributed by atoms with Crippen molar-refractivity contribution in [2.75, 3.05) is 28.0 Å². The van der Waals surface area contributed by atoms with Gasteiger partial charge in [-0.05, 0) is 25.5 Å². The molecule has 1 amide bonds. The van der Waals surface area contributed by atoms with Crippen LogP contribution in [0.25, 0.3) is 10.8 Å². The van der Waals surface area contributed by atoms with Gasteiger partial charge in [0.25, 0.3) is 10.0 Å². The van der Waals surface area contributed by atoms with Gasteiger partial charge in [-0.1, -0.05) is 35.6 Å². The van der Waals surface area contributed by atoms with Gasteiger partial charge in [0.15, 0.2) is 9.34 Å². The lowest BCUT2D eigenvalue weighted by Crippen LogP contribution is -2.23. The van der Waals surface area contributed by atoms with Crippen molar-refractivity contribution in [2.45, 2.75) is 24.5 Å². The average Bonchev–Trinajstić information content (AvgIpc) is 3.35. The van der Waals surface area contributed by atoms with Crippen LogP contribution in [0.4, 0.5) is 16.5 Å². The van der Waals surface area contributed by atoms with Gasteiger partial charge in [-0.2, -0.15) is 0 Å². The third kappa shape index (κ3) is 4.26. The minimum Gasteiger partial charge on any atom is -0.481 e. The van der Waals surface area contributed by atoms with Crippen LogP contribution in [0.5, 0.6) is 0 Å². The third-order valence-corrected chi connectivity index (χ3v) is 8.35. The maximum Gasteiger partial charge on any atom is 0.308 e. The Morgan fingerprint density at radius 1 is 1.19 bits per heavy atom. The van der Waals surface area contributed by atoms with Crippen LogP contribution >= 0.6 is 11.3 Å². The van der Waals surface area contributed by atoms with Crippen LogP contribution < -0.4 is 14.9 Å². The lowest BCUT2D eigenvalue weighted by Gasteiger charge is -2.22. The zero-order valence-electron chi connectivity index (χ0n) is 17.5. The van der Waals surface area contributed by atoms with Crippen molar-refractivity contribution in [3.8, 4) is 0 Å². The van der Waals surface area contributed by atoms with E-state index in [0.29, 0.717) is 36.3 Å². The van der Waals surface area contributed by atoms with Gasteiger partial charge in [0.1, 0.15) is 0 Å². The van der Waals surface area contributed by atoms with Gasteiger partial charge in [-0.15, -0.1) is 0 Å². The number of rotatable bonds is 6. The Balaban J connectivity index is 1.68. The number of aromatic nitrogens is 1. The fraction of sp³-hybridized carbons (Fsp3) is 0.286. The molecule has 168 valence electrons. The van der Waals surface area contributed by atoms with E-state index in [1.807, 2.05) is 35.2 Å². The van der Waals surface area contributed by atoms with Gasteiger partial charge in [0.2, 0.25) is 5.91 Å². The Morgan fingerprint density at radius 2 is 1.91 bits per heavy atom. The molecule has 1 aliphatic heterocycles. The normalized spacial score (nSPS) is 16.3. The molecule has 1 atom stereocenters. The van der Waals surface area contributed by atoms with E-state index < -0.39 is 21.9 Å². The fourth-order valence-electron chi connectivity index (χ4n) is 3.86. The molecule has 1 aliphatic rings. The number of hydrogen-bond acceptors (Lipinski definition) is 7. The Hall–Kier alpha value is -3.18. The molecule has 11 heteroatoms. The predicted octanol–water partition coefficient (Wildman–Crippen LogP) is 3.27. The number of anilines is 3. The number of aryl methyl sites for hydroxylation is 1. The van der Waals surface area contributed by atoms with E-state index in [9.17, 15) is 23.1 Å². The predicted molar refractivity (Wildman–Crippen MR) is 124 cm³/mol. The molecule has 0 unspecified atom stereocenters. The summed E-state index contributed by atoms with van der Waals surface area (Å²) in [6.45, 7) is 3.94. The van der Waals surface area contributed by atoms with Crippen molar-refractivity contribution >= 4 is 60.5 Å². The standard InChI is InChI=1S/C21H22N4O5S2/c1-12-20(31-21(22-12)23-13(2)26)32(29,30)24-17-7-8-18(16-6-4-3-5-15(16)17)25-10-9-14(11-25)19(27)28/h3-8,14,24H,9-11H2,1-2H3,(H,27,28)(H,22,23,26)/t14-/m1/s1. The SMILES string of the molecule is CC(=O)Nc1nc(C)c(S(=O)(=O)Nc2ccc(N3CC[C@@H](C(=O)O)C3)c3ccccc23)s1. The summed E-state index contributed by atoms with van der Waals surface area (Å²) in [5, 5.41) is 13.6. The van der Waals surface area contributed by atoms with Crippen LogP contribution in [0.15, 0.2) is 40.6 Å². The minimum atomic E-state index is -3.94. The number of carboxylic acid groups (broad SMARTS) is 1. The summed E-state index contributed by atoms with van der Waals surface area (Å²) in [6, 6.07) is 10.9. The van der Waals surface area contributed by atoms with Crippen LogP contribution in [-0.2, 0) is 19.6 Å². The molecule has 2 heterocycles. The Morgan fingerprint density at radius 3 is 2.56 bits per heavy atom. The van der Waals surface area contributed by atoms with Crippen LogP contribution in [0, 0.1) is 12.8 Å². The first-order chi connectivity index (χ1) is 15.2. The van der Waals surface area contributed by atoms with Crippen molar-refractivity contribution in [1.29, 1.82) is 0 Å². The number of carbonyl (C=O) groups excluding carboxylic acids is 1. The van der Waals surface area contributed by atoms with E-state index in [4.69, 9.17) is 0 Å². The molecule has 3 N–H and O–H groups in total. The van der Waals surface area contributed by atoms with Crippen molar-refractivity contribution in [1.82, 2.24) is 4.98 Å². The first-order valence-electron chi connectivity index (χ1n) is 9.93. The Labute approximate surface area is 189 Å². The van der Waals surface area contributed by atoms with E-state index in [1.165, 1.54) is 6.92 Å². The zero-order chi connectivity index (χ0) is 23.0. The highest BCUT2D eigenvalue weighted by atomic mass is 32.2. The van der Waals surface area contributed by atoms with Gasteiger partial charge in [-0.25, -0.2) is 13.4 Å². The number of carbonyl (C=O) groups is 2. The monoisotopic (exact) mass is 474 g/mol. The largest absolute Gasteiger partial charge is 0.481 e. The molecule has 0 bridgehead atoms. The molecular weight excluding hydrogens is 452 g/mol. The lowest BCUT2D eigenvalue weighted by molar-refractivity contribution is -0.140. The molecule has 0 radical (unpaired) electrons. The van der Waals surface area contributed by atoms with E-state index in [-0.39, 0.29) is 15.2 Å². The minimum absolute atomic E-state index is 0.0262. The van der Waals surface area contributed by atoms with Gasteiger partial charge >= 0.3 is 5.97 Å². The second kappa shape index (κ2) is 8.40. The second-order valence-corrected chi connectivity index (χ2v) is 10.5. The molecule has 4 rings (SSSR count). The van der Waals surface area contributed by atoms with Crippen molar-refractivity contribution < 1.29 is 23.1 Å². The summed E-state index contributed by atoms with van der Waals surface area (Å²) in [5.41, 5.74) is 1.57. The van der Waals surface area contributed by atoms with E-state index in [2.05, 4.69) is 15.0 Å². The smallest absolute Gasteiger partial charge is 0.308 e. The highest BCUT2D eigenvalue weighted by molar-refractivity contribution is 7.94. The molecule has 1 aromatic heterocycles.